The van der Waals surface area contributed by atoms with Crippen LogP contribution >= 0.6 is 0 Å². The third-order valence-electron chi connectivity index (χ3n) is 3.62. The van der Waals surface area contributed by atoms with Crippen LogP contribution in [0.2, 0.25) is 0 Å². The Balaban J connectivity index is 2.70. The van der Waals surface area contributed by atoms with Crippen LogP contribution in [0.3, 0.4) is 0 Å². The van der Waals surface area contributed by atoms with Crippen LogP contribution in [0.5, 0.6) is 17.2 Å². The average molecular weight is 384 g/mol. The molecule has 152 valence electrons. The minimum absolute atomic E-state index is 0.156. The highest BCUT2D eigenvalue weighted by Gasteiger charge is 2.30. The van der Waals surface area contributed by atoms with E-state index in [0.717, 1.165) is 5.56 Å². The molecule has 8 nitrogen and oxygen atoms in total. The summed E-state index contributed by atoms with van der Waals surface area (Å²) in [4.78, 5) is 23.7. The number of hydrogen-bond acceptors (Lipinski definition) is 8. The molecule has 1 aromatic rings. The molecule has 0 spiro atoms. The SMILES string of the molecule is CCOC(=O)C(OCCCc1cc(OC)c(OC)c(OC)c1)C(=O)OCC. The van der Waals surface area contributed by atoms with E-state index in [4.69, 9.17) is 28.4 Å². The van der Waals surface area contributed by atoms with Gasteiger partial charge >= 0.3 is 11.9 Å². The van der Waals surface area contributed by atoms with Crippen molar-refractivity contribution in [2.45, 2.75) is 32.8 Å². The molecule has 8 heteroatoms. The fourth-order valence-corrected chi connectivity index (χ4v) is 2.43. The Kier molecular flexibility index (Phi) is 10.0. The number of methoxy groups -OCH3 is 3. The molecule has 0 aliphatic heterocycles. The summed E-state index contributed by atoms with van der Waals surface area (Å²) in [5.41, 5.74) is 0.942. The van der Waals surface area contributed by atoms with Gasteiger partial charge in [0.05, 0.1) is 34.5 Å². The number of rotatable bonds is 12. The van der Waals surface area contributed by atoms with Crippen molar-refractivity contribution in [2.24, 2.45) is 0 Å². The zero-order chi connectivity index (χ0) is 20.2. The zero-order valence-corrected chi connectivity index (χ0v) is 16.5. The van der Waals surface area contributed by atoms with Crippen molar-refractivity contribution in [3.05, 3.63) is 17.7 Å². The molecule has 0 radical (unpaired) electrons. The smallest absolute Gasteiger partial charge is 0.347 e. The first-order chi connectivity index (χ1) is 13.0. The fourth-order valence-electron chi connectivity index (χ4n) is 2.43. The second kappa shape index (κ2) is 12.0. The summed E-state index contributed by atoms with van der Waals surface area (Å²) in [6.45, 7) is 3.81. The van der Waals surface area contributed by atoms with E-state index < -0.39 is 18.0 Å². The monoisotopic (exact) mass is 384 g/mol. The summed E-state index contributed by atoms with van der Waals surface area (Å²) in [5, 5.41) is 0. The number of carbonyl (C=O) groups excluding carboxylic acids is 2. The van der Waals surface area contributed by atoms with Gasteiger partial charge in [-0.3, -0.25) is 0 Å². The Morgan fingerprint density at radius 3 is 1.81 bits per heavy atom. The Hall–Kier alpha value is -2.48. The third kappa shape index (κ3) is 6.63. The minimum Gasteiger partial charge on any atom is -0.493 e. The van der Waals surface area contributed by atoms with Gasteiger partial charge < -0.3 is 28.4 Å². The maximum Gasteiger partial charge on any atom is 0.347 e. The van der Waals surface area contributed by atoms with Crippen LogP contribution in [0.1, 0.15) is 25.8 Å². The van der Waals surface area contributed by atoms with Gasteiger partial charge in [0.15, 0.2) is 11.5 Å². The lowest BCUT2D eigenvalue weighted by Crippen LogP contribution is -2.36. The molecule has 0 heterocycles. The Morgan fingerprint density at radius 1 is 0.889 bits per heavy atom. The molecular weight excluding hydrogens is 356 g/mol. The van der Waals surface area contributed by atoms with Gasteiger partial charge in [0.1, 0.15) is 0 Å². The number of aryl methyl sites for hydroxylation is 1. The molecule has 1 aromatic carbocycles. The molecule has 0 aromatic heterocycles. The van der Waals surface area contributed by atoms with Crippen molar-refractivity contribution >= 4 is 11.9 Å². The van der Waals surface area contributed by atoms with Crippen molar-refractivity contribution in [1.29, 1.82) is 0 Å². The second-order valence-corrected chi connectivity index (χ2v) is 5.39. The summed E-state index contributed by atoms with van der Waals surface area (Å²) >= 11 is 0. The molecule has 27 heavy (non-hydrogen) atoms. The van der Waals surface area contributed by atoms with E-state index in [9.17, 15) is 9.59 Å². The number of ether oxygens (including phenoxy) is 6. The van der Waals surface area contributed by atoms with E-state index in [-0.39, 0.29) is 19.8 Å². The van der Waals surface area contributed by atoms with Crippen LogP contribution in [0, 0.1) is 0 Å². The second-order valence-electron chi connectivity index (χ2n) is 5.39. The van der Waals surface area contributed by atoms with E-state index in [1.807, 2.05) is 12.1 Å². The van der Waals surface area contributed by atoms with Crippen molar-refractivity contribution < 1.29 is 38.0 Å². The van der Waals surface area contributed by atoms with Gasteiger partial charge in [-0.1, -0.05) is 0 Å². The highest BCUT2D eigenvalue weighted by molar-refractivity contribution is 5.98. The fraction of sp³-hybridized carbons (Fsp3) is 0.579. The van der Waals surface area contributed by atoms with Crippen LogP contribution in [-0.4, -0.2) is 59.2 Å². The number of benzene rings is 1. The van der Waals surface area contributed by atoms with Crippen LogP contribution in [0.4, 0.5) is 0 Å². The van der Waals surface area contributed by atoms with E-state index in [1.165, 1.54) is 0 Å². The molecule has 0 aliphatic carbocycles. The predicted molar refractivity (Wildman–Crippen MR) is 97.4 cm³/mol. The van der Waals surface area contributed by atoms with Crippen molar-refractivity contribution in [2.75, 3.05) is 41.2 Å². The summed E-state index contributed by atoms with van der Waals surface area (Å²) in [5.74, 6) is 0.143. The summed E-state index contributed by atoms with van der Waals surface area (Å²) < 4.78 is 31.1. The van der Waals surface area contributed by atoms with Gasteiger partial charge in [0.2, 0.25) is 5.75 Å². The topological polar surface area (TPSA) is 89.5 Å². The number of hydrogen-bond donors (Lipinski definition) is 0. The Morgan fingerprint density at radius 2 is 1.41 bits per heavy atom. The molecule has 0 bridgehead atoms. The van der Waals surface area contributed by atoms with Gasteiger partial charge in [-0.25, -0.2) is 9.59 Å². The van der Waals surface area contributed by atoms with Gasteiger partial charge in [-0.05, 0) is 44.4 Å². The largest absolute Gasteiger partial charge is 0.493 e. The minimum atomic E-state index is -1.37. The highest BCUT2D eigenvalue weighted by atomic mass is 16.6. The van der Waals surface area contributed by atoms with Gasteiger partial charge in [-0.2, -0.15) is 0 Å². The van der Waals surface area contributed by atoms with E-state index in [1.54, 1.807) is 35.2 Å². The number of esters is 2. The van der Waals surface area contributed by atoms with Gasteiger partial charge in [-0.15, -0.1) is 0 Å². The molecule has 0 N–H and O–H groups in total. The lowest BCUT2D eigenvalue weighted by molar-refractivity contribution is -0.173. The molecule has 1 rings (SSSR count). The maximum atomic E-state index is 11.9. The van der Waals surface area contributed by atoms with Crippen molar-refractivity contribution in [3.63, 3.8) is 0 Å². The maximum absolute atomic E-state index is 11.9. The van der Waals surface area contributed by atoms with Crippen LogP contribution in [0.25, 0.3) is 0 Å². The molecule has 0 aliphatic rings. The Bertz CT molecular complexity index is 571. The molecule has 0 fully saturated rings. The summed E-state index contributed by atoms with van der Waals surface area (Å²) in [6, 6.07) is 3.69. The van der Waals surface area contributed by atoms with Crippen molar-refractivity contribution in [1.82, 2.24) is 0 Å². The highest BCUT2D eigenvalue weighted by Crippen LogP contribution is 2.38. The Labute approximate surface area is 159 Å². The predicted octanol–water partition coefficient (Wildman–Crippen LogP) is 2.16. The molecule has 0 atom stereocenters. The quantitative estimate of drug-likeness (QED) is 0.308. The summed E-state index contributed by atoms with van der Waals surface area (Å²) in [6.07, 6.45) is -0.187. The standard InChI is InChI=1S/C19H28O8/c1-6-25-18(20)17(19(21)26-7-2)27-10-8-9-13-11-14(22-3)16(24-5)15(12-13)23-4/h11-12,17H,6-10H2,1-5H3. The number of carbonyl (C=O) groups is 2. The third-order valence-corrected chi connectivity index (χ3v) is 3.62. The van der Waals surface area contributed by atoms with Crippen LogP contribution < -0.4 is 14.2 Å². The lowest BCUT2D eigenvalue weighted by atomic mass is 10.1. The normalized spacial score (nSPS) is 10.4. The summed E-state index contributed by atoms with van der Waals surface area (Å²) in [7, 11) is 4.64. The van der Waals surface area contributed by atoms with Gasteiger partial charge in [0.25, 0.3) is 6.10 Å². The first-order valence-corrected chi connectivity index (χ1v) is 8.76. The van der Waals surface area contributed by atoms with Crippen LogP contribution in [-0.2, 0) is 30.2 Å². The lowest BCUT2D eigenvalue weighted by Gasteiger charge is -2.16. The molecular formula is C19H28O8. The zero-order valence-electron chi connectivity index (χ0n) is 16.5. The van der Waals surface area contributed by atoms with Crippen molar-refractivity contribution in [3.8, 4) is 17.2 Å². The molecule has 0 saturated carbocycles. The van der Waals surface area contributed by atoms with Gasteiger partial charge in [0, 0.05) is 6.61 Å². The molecule has 0 unspecified atom stereocenters. The molecule has 0 saturated heterocycles. The molecule has 0 amide bonds. The van der Waals surface area contributed by atoms with Crippen LogP contribution in [0.15, 0.2) is 12.1 Å². The first kappa shape index (κ1) is 22.6. The van der Waals surface area contributed by atoms with E-state index in [0.29, 0.717) is 30.1 Å². The van der Waals surface area contributed by atoms with E-state index in [2.05, 4.69) is 0 Å². The first-order valence-electron chi connectivity index (χ1n) is 8.76. The van der Waals surface area contributed by atoms with E-state index >= 15 is 0 Å². The average Bonchev–Trinajstić information content (AvgIpc) is 2.67.